The molecule has 3 heteroatoms. The Hall–Kier alpha value is -1.45. The van der Waals surface area contributed by atoms with Crippen LogP contribution >= 0.6 is 11.8 Å². The fraction of sp³-hybridized carbons (Fsp3) is 0.143. The van der Waals surface area contributed by atoms with Crippen molar-refractivity contribution in [2.24, 2.45) is 5.73 Å². The first-order chi connectivity index (χ1) is 8.27. The van der Waals surface area contributed by atoms with E-state index in [1.165, 1.54) is 0 Å². The molecule has 88 valence electrons. The van der Waals surface area contributed by atoms with Crippen molar-refractivity contribution in [1.82, 2.24) is 0 Å². The van der Waals surface area contributed by atoms with Gasteiger partial charge in [0.2, 0.25) is 0 Å². The summed E-state index contributed by atoms with van der Waals surface area (Å²) >= 11 is 1.70. The van der Waals surface area contributed by atoms with Crippen molar-refractivity contribution in [2.45, 2.75) is 10.9 Å². The standard InChI is InChI=1S/C14H16N2S/c15-12-8-4-5-9-14(12)17-10-13(16)11-6-2-1-3-7-11/h1-9,13H,10,15-16H2. The van der Waals surface area contributed by atoms with Crippen molar-refractivity contribution in [3.63, 3.8) is 0 Å². The molecule has 0 radical (unpaired) electrons. The summed E-state index contributed by atoms with van der Waals surface area (Å²) in [7, 11) is 0. The number of rotatable bonds is 4. The summed E-state index contributed by atoms with van der Waals surface area (Å²) in [4.78, 5) is 1.10. The minimum Gasteiger partial charge on any atom is -0.398 e. The predicted molar refractivity (Wildman–Crippen MR) is 74.9 cm³/mol. The third kappa shape index (κ3) is 3.25. The lowest BCUT2D eigenvalue weighted by Crippen LogP contribution is -2.12. The number of hydrogen-bond acceptors (Lipinski definition) is 3. The molecule has 0 heterocycles. The van der Waals surface area contributed by atoms with Crippen LogP contribution in [0, 0.1) is 0 Å². The van der Waals surface area contributed by atoms with Crippen LogP contribution in [0.15, 0.2) is 59.5 Å². The second-order valence-electron chi connectivity index (χ2n) is 3.87. The molecule has 0 fully saturated rings. The van der Waals surface area contributed by atoms with Gasteiger partial charge >= 0.3 is 0 Å². The van der Waals surface area contributed by atoms with Crippen molar-refractivity contribution in [3.05, 3.63) is 60.2 Å². The van der Waals surface area contributed by atoms with Gasteiger partial charge in [-0.15, -0.1) is 11.8 Å². The number of anilines is 1. The van der Waals surface area contributed by atoms with Crippen molar-refractivity contribution < 1.29 is 0 Å². The predicted octanol–water partition coefficient (Wildman–Crippen LogP) is 3.06. The van der Waals surface area contributed by atoms with Crippen LogP contribution in [0.5, 0.6) is 0 Å². The maximum Gasteiger partial charge on any atom is 0.0452 e. The van der Waals surface area contributed by atoms with Crippen molar-refractivity contribution in [1.29, 1.82) is 0 Å². The quantitative estimate of drug-likeness (QED) is 0.642. The Morgan fingerprint density at radius 2 is 1.59 bits per heavy atom. The summed E-state index contributed by atoms with van der Waals surface area (Å²) in [5, 5.41) is 0. The maximum absolute atomic E-state index is 6.13. The van der Waals surface area contributed by atoms with E-state index >= 15 is 0 Å². The molecule has 2 aromatic rings. The Balaban J connectivity index is 1.97. The zero-order valence-corrected chi connectivity index (χ0v) is 10.4. The smallest absolute Gasteiger partial charge is 0.0452 e. The van der Waals surface area contributed by atoms with Crippen LogP contribution in [0.3, 0.4) is 0 Å². The van der Waals surface area contributed by atoms with Gasteiger partial charge < -0.3 is 11.5 Å². The van der Waals surface area contributed by atoms with Gasteiger partial charge in [0, 0.05) is 22.4 Å². The Kier molecular flexibility index (Phi) is 4.07. The third-order valence-corrected chi connectivity index (χ3v) is 3.77. The van der Waals surface area contributed by atoms with E-state index < -0.39 is 0 Å². The molecule has 0 saturated heterocycles. The first-order valence-corrected chi connectivity index (χ1v) is 6.54. The van der Waals surface area contributed by atoms with E-state index in [-0.39, 0.29) is 6.04 Å². The van der Waals surface area contributed by atoms with Crippen molar-refractivity contribution in [3.8, 4) is 0 Å². The molecule has 2 nitrogen and oxygen atoms in total. The Morgan fingerprint density at radius 1 is 0.941 bits per heavy atom. The number of nitrogen functional groups attached to an aromatic ring is 1. The van der Waals surface area contributed by atoms with Gasteiger partial charge in [0.15, 0.2) is 0 Å². The van der Waals surface area contributed by atoms with Crippen LogP contribution in [-0.2, 0) is 0 Å². The van der Waals surface area contributed by atoms with Gasteiger partial charge in [-0.3, -0.25) is 0 Å². The lowest BCUT2D eigenvalue weighted by atomic mass is 10.1. The Labute approximate surface area is 106 Å². The lowest BCUT2D eigenvalue weighted by Gasteiger charge is -2.12. The SMILES string of the molecule is Nc1ccccc1SCC(N)c1ccccc1. The normalized spacial score (nSPS) is 12.3. The molecular formula is C14H16N2S. The van der Waals surface area contributed by atoms with Gasteiger partial charge in [-0.2, -0.15) is 0 Å². The molecule has 0 aliphatic rings. The van der Waals surface area contributed by atoms with E-state index in [0.29, 0.717) is 0 Å². The number of hydrogen-bond donors (Lipinski definition) is 2. The highest BCUT2D eigenvalue weighted by Gasteiger charge is 2.07. The monoisotopic (exact) mass is 244 g/mol. The average molecular weight is 244 g/mol. The zero-order valence-electron chi connectivity index (χ0n) is 9.54. The fourth-order valence-electron chi connectivity index (χ4n) is 1.59. The maximum atomic E-state index is 6.13. The van der Waals surface area contributed by atoms with Crippen LogP contribution in [0.2, 0.25) is 0 Å². The number of nitrogens with two attached hydrogens (primary N) is 2. The van der Waals surface area contributed by atoms with Gasteiger partial charge in [-0.25, -0.2) is 0 Å². The molecule has 0 aliphatic heterocycles. The van der Waals surface area contributed by atoms with Crippen LogP contribution in [-0.4, -0.2) is 5.75 Å². The number of thioether (sulfide) groups is 1. The second kappa shape index (κ2) is 5.75. The summed E-state index contributed by atoms with van der Waals surface area (Å²) in [6.07, 6.45) is 0. The van der Waals surface area contributed by atoms with E-state index in [9.17, 15) is 0 Å². The van der Waals surface area contributed by atoms with Crippen molar-refractivity contribution >= 4 is 17.4 Å². The van der Waals surface area contributed by atoms with E-state index in [1.807, 2.05) is 42.5 Å². The van der Waals surface area contributed by atoms with Crippen LogP contribution in [0.4, 0.5) is 5.69 Å². The number of para-hydroxylation sites is 1. The minimum atomic E-state index is 0.0424. The molecule has 1 atom stereocenters. The molecular weight excluding hydrogens is 228 g/mol. The molecule has 0 bridgehead atoms. The largest absolute Gasteiger partial charge is 0.398 e. The molecule has 0 amide bonds. The lowest BCUT2D eigenvalue weighted by molar-refractivity contribution is 0.831. The molecule has 1 unspecified atom stereocenters. The second-order valence-corrected chi connectivity index (χ2v) is 4.93. The summed E-state index contributed by atoms with van der Waals surface area (Å²) in [6.45, 7) is 0. The molecule has 2 aromatic carbocycles. The summed E-state index contributed by atoms with van der Waals surface area (Å²) in [6, 6.07) is 18.0. The molecule has 0 spiro atoms. The molecule has 4 N–H and O–H groups in total. The van der Waals surface area contributed by atoms with E-state index in [2.05, 4.69) is 12.1 Å². The van der Waals surface area contributed by atoms with Crippen LogP contribution < -0.4 is 11.5 Å². The molecule has 0 aliphatic carbocycles. The minimum absolute atomic E-state index is 0.0424. The van der Waals surface area contributed by atoms with Gasteiger partial charge in [-0.05, 0) is 17.7 Å². The Bertz CT molecular complexity index is 471. The van der Waals surface area contributed by atoms with Crippen molar-refractivity contribution in [2.75, 3.05) is 11.5 Å². The van der Waals surface area contributed by atoms with Gasteiger partial charge in [0.1, 0.15) is 0 Å². The first kappa shape index (κ1) is 12.0. The molecule has 0 saturated carbocycles. The zero-order chi connectivity index (χ0) is 12.1. The highest BCUT2D eigenvalue weighted by molar-refractivity contribution is 7.99. The average Bonchev–Trinajstić information content (AvgIpc) is 2.38. The Morgan fingerprint density at radius 3 is 2.29 bits per heavy atom. The highest BCUT2D eigenvalue weighted by atomic mass is 32.2. The fourth-order valence-corrected chi connectivity index (χ4v) is 2.55. The van der Waals surface area contributed by atoms with E-state index in [4.69, 9.17) is 11.5 Å². The highest BCUT2D eigenvalue weighted by Crippen LogP contribution is 2.27. The van der Waals surface area contributed by atoms with Gasteiger partial charge in [0.25, 0.3) is 0 Å². The van der Waals surface area contributed by atoms with E-state index in [1.54, 1.807) is 11.8 Å². The van der Waals surface area contributed by atoms with Gasteiger partial charge in [0.05, 0.1) is 0 Å². The summed E-state index contributed by atoms with van der Waals surface area (Å²) < 4.78 is 0. The molecule has 2 rings (SSSR count). The summed E-state index contributed by atoms with van der Waals surface area (Å²) in [5.74, 6) is 0.832. The van der Waals surface area contributed by atoms with Gasteiger partial charge in [-0.1, -0.05) is 42.5 Å². The third-order valence-electron chi connectivity index (χ3n) is 2.57. The molecule has 0 aromatic heterocycles. The van der Waals surface area contributed by atoms with Crippen LogP contribution in [0.25, 0.3) is 0 Å². The number of benzene rings is 2. The summed E-state index contributed by atoms with van der Waals surface area (Å²) in [5.41, 5.74) is 14.0. The first-order valence-electron chi connectivity index (χ1n) is 5.55. The van der Waals surface area contributed by atoms with Crippen LogP contribution in [0.1, 0.15) is 11.6 Å². The molecule has 17 heavy (non-hydrogen) atoms. The van der Waals surface area contributed by atoms with E-state index in [0.717, 1.165) is 21.9 Å². The topological polar surface area (TPSA) is 52.0 Å².